The Hall–Kier alpha value is -3.11. The lowest BCUT2D eigenvalue weighted by Crippen LogP contribution is -2.60. The van der Waals surface area contributed by atoms with Crippen LogP contribution in [0.15, 0.2) is 52.9 Å². The SMILES string of the molecule is O=C(O[C@H]1O[C@H](CO[C@@H]2OC[C@](O)(CO)[C@H]2O)[C@H](O)[C@@H](O)[C@@H]1O)c1cc2c(CCc3ccc(O)cc3)cccc2o1. The average Bonchev–Trinajstić information content (AvgIpc) is 3.54. The van der Waals surface area contributed by atoms with Gasteiger partial charge in [-0.25, -0.2) is 4.79 Å². The number of fused-ring (bicyclic) bond motifs is 1. The molecule has 8 atom stereocenters. The smallest absolute Gasteiger partial charge is 0.376 e. The fourth-order valence-corrected chi connectivity index (χ4v) is 4.82. The molecule has 13 nitrogen and oxygen atoms in total. The van der Waals surface area contributed by atoms with Gasteiger partial charge in [-0.05, 0) is 48.2 Å². The normalized spacial score (nSPS) is 31.9. The van der Waals surface area contributed by atoms with E-state index in [0.29, 0.717) is 23.8 Å². The van der Waals surface area contributed by atoms with Gasteiger partial charge in [0.15, 0.2) is 6.29 Å². The van der Waals surface area contributed by atoms with Crippen molar-refractivity contribution in [1.82, 2.24) is 0 Å². The Kier molecular flexibility index (Phi) is 8.61. The van der Waals surface area contributed by atoms with Gasteiger partial charge in [0.05, 0.1) is 19.8 Å². The topological polar surface area (TPSA) is 209 Å². The number of phenolic OH excluding ortho intramolecular Hbond substituents is 1. The number of phenols is 1. The van der Waals surface area contributed by atoms with E-state index in [1.807, 2.05) is 18.2 Å². The van der Waals surface area contributed by atoms with Gasteiger partial charge in [-0.1, -0.05) is 24.3 Å². The maximum absolute atomic E-state index is 12.9. The van der Waals surface area contributed by atoms with Crippen LogP contribution >= 0.6 is 0 Å². The fraction of sp³-hybridized carbons (Fsp3) is 0.464. The summed E-state index contributed by atoms with van der Waals surface area (Å²) >= 11 is 0. The number of aliphatic hydroxyl groups is 6. The van der Waals surface area contributed by atoms with Gasteiger partial charge in [-0.2, -0.15) is 0 Å². The zero-order valence-corrected chi connectivity index (χ0v) is 21.8. The van der Waals surface area contributed by atoms with Crippen LogP contribution in [0.2, 0.25) is 0 Å². The molecule has 2 aliphatic heterocycles. The van der Waals surface area contributed by atoms with Crippen molar-refractivity contribution in [1.29, 1.82) is 0 Å². The third kappa shape index (κ3) is 6.09. The minimum absolute atomic E-state index is 0.174. The van der Waals surface area contributed by atoms with Gasteiger partial charge < -0.3 is 59.1 Å². The van der Waals surface area contributed by atoms with Crippen LogP contribution in [-0.4, -0.2) is 110 Å². The van der Waals surface area contributed by atoms with E-state index < -0.39 is 74.5 Å². The highest BCUT2D eigenvalue weighted by molar-refractivity contribution is 5.93. The van der Waals surface area contributed by atoms with Crippen LogP contribution in [0.25, 0.3) is 11.0 Å². The predicted molar refractivity (Wildman–Crippen MR) is 138 cm³/mol. The summed E-state index contributed by atoms with van der Waals surface area (Å²) in [6.45, 7) is -1.67. The second-order valence-corrected chi connectivity index (χ2v) is 10.2. The van der Waals surface area contributed by atoms with E-state index in [9.17, 15) is 40.5 Å². The number of carbonyl (C=O) groups is 1. The van der Waals surface area contributed by atoms with Gasteiger partial charge in [-0.3, -0.25) is 0 Å². The number of hydrogen-bond donors (Lipinski definition) is 7. The molecule has 0 bridgehead atoms. The first kappa shape index (κ1) is 29.4. The quantitative estimate of drug-likeness (QED) is 0.158. The largest absolute Gasteiger partial charge is 0.508 e. The number of rotatable bonds is 9. The van der Waals surface area contributed by atoms with Gasteiger partial charge >= 0.3 is 5.97 Å². The van der Waals surface area contributed by atoms with Crippen molar-refractivity contribution < 1.29 is 63.9 Å². The molecule has 3 heterocycles. The molecule has 2 aliphatic rings. The van der Waals surface area contributed by atoms with E-state index in [4.69, 9.17) is 23.4 Å². The van der Waals surface area contributed by atoms with Crippen molar-refractivity contribution in [3.8, 4) is 5.75 Å². The summed E-state index contributed by atoms with van der Waals surface area (Å²) < 4.78 is 27.0. The molecule has 2 aromatic carbocycles. The van der Waals surface area contributed by atoms with E-state index in [0.717, 1.165) is 11.1 Å². The number of esters is 1. The van der Waals surface area contributed by atoms with Gasteiger partial charge in [-0.15, -0.1) is 0 Å². The summed E-state index contributed by atoms with van der Waals surface area (Å²) in [6, 6.07) is 13.7. The highest BCUT2D eigenvalue weighted by Crippen LogP contribution is 2.29. The third-order valence-corrected chi connectivity index (χ3v) is 7.37. The van der Waals surface area contributed by atoms with Gasteiger partial charge in [0.2, 0.25) is 12.1 Å². The van der Waals surface area contributed by atoms with E-state index in [1.54, 1.807) is 24.3 Å². The molecule has 5 rings (SSSR count). The highest BCUT2D eigenvalue weighted by atomic mass is 16.7. The number of benzene rings is 2. The molecule has 1 aromatic heterocycles. The maximum Gasteiger partial charge on any atom is 0.376 e. The first-order valence-corrected chi connectivity index (χ1v) is 13.0. The second kappa shape index (κ2) is 12.0. The zero-order valence-electron chi connectivity index (χ0n) is 21.8. The van der Waals surface area contributed by atoms with E-state index >= 15 is 0 Å². The van der Waals surface area contributed by atoms with Gasteiger partial charge in [0.1, 0.15) is 47.5 Å². The number of aryl methyl sites for hydroxylation is 2. The summed E-state index contributed by atoms with van der Waals surface area (Å²) in [7, 11) is 0. The fourth-order valence-electron chi connectivity index (χ4n) is 4.82. The lowest BCUT2D eigenvalue weighted by atomic mass is 9.99. The van der Waals surface area contributed by atoms with Crippen LogP contribution in [0.4, 0.5) is 0 Å². The minimum atomic E-state index is -1.93. The van der Waals surface area contributed by atoms with Crippen molar-refractivity contribution in [3.05, 3.63) is 65.4 Å². The highest BCUT2D eigenvalue weighted by Gasteiger charge is 2.50. The molecule has 2 fully saturated rings. The van der Waals surface area contributed by atoms with Gasteiger partial charge in [0, 0.05) is 5.39 Å². The lowest BCUT2D eigenvalue weighted by Gasteiger charge is -2.39. The van der Waals surface area contributed by atoms with E-state index in [-0.39, 0.29) is 11.5 Å². The average molecular weight is 577 g/mol. The molecule has 0 aliphatic carbocycles. The Labute approximate surface area is 233 Å². The van der Waals surface area contributed by atoms with E-state index in [2.05, 4.69) is 0 Å². The van der Waals surface area contributed by atoms with Crippen LogP contribution in [-0.2, 0) is 31.8 Å². The summed E-state index contributed by atoms with van der Waals surface area (Å²) in [5.41, 5.74) is 0.434. The lowest BCUT2D eigenvalue weighted by molar-refractivity contribution is -0.296. The molecule has 41 heavy (non-hydrogen) atoms. The zero-order chi connectivity index (χ0) is 29.3. The number of aliphatic hydroxyl groups excluding tert-OH is 5. The Morgan fingerprint density at radius 3 is 2.44 bits per heavy atom. The summed E-state index contributed by atoms with van der Waals surface area (Å²) in [5, 5.41) is 70.7. The molecule has 7 N–H and O–H groups in total. The molecule has 0 radical (unpaired) electrons. The summed E-state index contributed by atoms with van der Waals surface area (Å²) in [4.78, 5) is 12.9. The third-order valence-electron chi connectivity index (χ3n) is 7.37. The van der Waals surface area contributed by atoms with E-state index in [1.165, 1.54) is 6.07 Å². The monoisotopic (exact) mass is 576 g/mol. The van der Waals surface area contributed by atoms with Crippen molar-refractivity contribution >= 4 is 16.9 Å². The second-order valence-electron chi connectivity index (χ2n) is 10.2. The number of ether oxygens (including phenoxy) is 4. The molecule has 222 valence electrons. The van der Waals surface area contributed by atoms with Crippen molar-refractivity contribution in [2.24, 2.45) is 0 Å². The van der Waals surface area contributed by atoms with Crippen LogP contribution in [0, 0.1) is 0 Å². The Balaban J connectivity index is 1.24. The van der Waals surface area contributed by atoms with Crippen LogP contribution in [0.5, 0.6) is 5.75 Å². The minimum Gasteiger partial charge on any atom is -0.508 e. The molecular formula is C28H32O13. The van der Waals surface area contributed by atoms with Crippen LogP contribution < -0.4 is 0 Å². The summed E-state index contributed by atoms with van der Waals surface area (Å²) in [6.07, 6.45) is -9.93. The summed E-state index contributed by atoms with van der Waals surface area (Å²) in [5.74, 6) is -0.980. The molecular weight excluding hydrogens is 544 g/mol. The Morgan fingerprint density at radius 2 is 1.73 bits per heavy atom. The maximum atomic E-state index is 12.9. The predicted octanol–water partition coefficient (Wildman–Crippen LogP) is -0.655. The van der Waals surface area contributed by atoms with Crippen LogP contribution in [0.1, 0.15) is 21.7 Å². The van der Waals surface area contributed by atoms with Crippen LogP contribution in [0.3, 0.4) is 0 Å². The number of carbonyl (C=O) groups excluding carboxylic acids is 1. The Bertz CT molecular complexity index is 1340. The molecule has 0 amide bonds. The number of hydrogen-bond acceptors (Lipinski definition) is 13. The molecule has 0 saturated carbocycles. The molecule has 3 aromatic rings. The first-order chi connectivity index (χ1) is 19.6. The van der Waals surface area contributed by atoms with Crippen molar-refractivity contribution in [2.45, 2.75) is 61.5 Å². The molecule has 0 spiro atoms. The molecule has 0 unspecified atom stereocenters. The standard InChI is InChI=1S/C28H32O13/c29-12-28(36)13-38-27(24(28)34)37-11-20-21(31)22(32)23(33)26(40-20)41-25(35)19-10-17-15(2-1-3-18(17)39-19)7-4-14-5-8-16(30)9-6-14/h1-3,5-6,8-10,20-24,26-27,29-34,36H,4,7,11-13H2/t20-,21+,22-,23+,24+,26-,27-,28-/m1/s1. The Morgan fingerprint density at radius 1 is 0.976 bits per heavy atom. The molecule has 13 heteroatoms. The first-order valence-electron chi connectivity index (χ1n) is 13.0. The van der Waals surface area contributed by atoms with Crippen molar-refractivity contribution in [3.63, 3.8) is 0 Å². The number of aromatic hydroxyl groups is 1. The number of furan rings is 1. The van der Waals surface area contributed by atoms with Crippen molar-refractivity contribution in [2.75, 3.05) is 19.8 Å². The van der Waals surface area contributed by atoms with Gasteiger partial charge in [0.25, 0.3) is 0 Å². The molecule has 2 saturated heterocycles.